The fourth-order valence-corrected chi connectivity index (χ4v) is 2.52. The predicted octanol–water partition coefficient (Wildman–Crippen LogP) is 3.49. The Morgan fingerprint density at radius 2 is 1.52 bits per heavy atom. The van der Waals surface area contributed by atoms with Crippen molar-refractivity contribution >= 4 is 23.2 Å². The molecule has 0 atom stereocenters. The number of benzene rings is 2. The number of rotatable bonds is 6. The fourth-order valence-electron chi connectivity index (χ4n) is 2.52. The zero-order valence-electron chi connectivity index (χ0n) is 15.1. The summed E-state index contributed by atoms with van der Waals surface area (Å²) < 4.78 is 0. The first-order valence-corrected chi connectivity index (χ1v) is 8.36. The molecule has 0 aliphatic carbocycles. The third-order valence-electron chi connectivity index (χ3n) is 3.53. The summed E-state index contributed by atoms with van der Waals surface area (Å²) in [5.41, 5.74) is 4.40. The minimum absolute atomic E-state index is 0.0965. The Hall–Kier alpha value is -2.82. The van der Waals surface area contributed by atoms with Gasteiger partial charge in [0.05, 0.1) is 6.54 Å². The largest absolute Gasteiger partial charge is 0.376 e. The number of carbonyl (C=O) groups excluding carboxylic acids is 2. The molecule has 0 bridgehead atoms. The van der Waals surface area contributed by atoms with E-state index in [4.69, 9.17) is 0 Å². The SMILES string of the molecule is Cc1cc(C)cc(NC(=O)CNc2ccc(C(=O)NC(C)C)cc2)c1. The standard InChI is InChI=1S/C20H25N3O2/c1-13(2)22-20(25)16-5-7-17(8-6-16)21-12-19(24)23-18-10-14(3)9-15(4)11-18/h5-11,13,21H,12H2,1-4H3,(H,22,25)(H,23,24). The van der Waals surface area contributed by atoms with Crippen molar-refractivity contribution in [2.45, 2.75) is 33.7 Å². The molecule has 0 heterocycles. The Bertz CT molecular complexity index is 732. The minimum Gasteiger partial charge on any atom is -0.376 e. The van der Waals surface area contributed by atoms with E-state index in [0.29, 0.717) is 5.56 Å². The van der Waals surface area contributed by atoms with E-state index in [1.54, 1.807) is 24.3 Å². The lowest BCUT2D eigenvalue weighted by molar-refractivity contribution is -0.114. The monoisotopic (exact) mass is 339 g/mol. The first-order valence-electron chi connectivity index (χ1n) is 8.36. The highest BCUT2D eigenvalue weighted by Gasteiger charge is 2.07. The van der Waals surface area contributed by atoms with Gasteiger partial charge in [0.2, 0.25) is 5.91 Å². The van der Waals surface area contributed by atoms with Crippen molar-refractivity contribution in [3.8, 4) is 0 Å². The van der Waals surface area contributed by atoms with Gasteiger partial charge in [-0.15, -0.1) is 0 Å². The third kappa shape index (κ3) is 5.95. The molecule has 2 rings (SSSR count). The first kappa shape index (κ1) is 18.5. The van der Waals surface area contributed by atoms with Gasteiger partial charge in [0.1, 0.15) is 0 Å². The van der Waals surface area contributed by atoms with Crippen LogP contribution in [0.1, 0.15) is 35.3 Å². The van der Waals surface area contributed by atoms with Crippen LogP contribution in [0.3, 0.4) is 0 Å². The van der Waals surface area contributed by atoms with E-state index < -0.39 is 0 Å². The molecule has 0 aromatic heterocycles. The van der Waals surface area contributed by atoms with Gasteiger partial charge in [0, 0.05) is 23.0 Å². The minimum atomic E-state index is -0.119. The lowest BCUT2D eigenvalue weighted by Gasteiger charge is -2.11. The van der Waals surface area contributed by atoms with Crippen molar-refractivity contribution in [1.29, 1.82) is 0 Å². The van der Waals surface area contributed by atoms with Crippen LogP contribution in [0.25, 0.3) is 0 Å². The second-order valence-electron chi connectivity index (χ2n) is 6.48. The van der Waals surface area contributed by atoms with Crippen molar-refractivity contribution < 1.29 is 9.59 Å². The average molecular weight is 339 g/mol. The third-order valence-corrected chi connectivity index (χ3v) is 3.53. The Morgan fingerprint density at radius 3 is 2.08 bits per heavy atom. The molecule has 25 heavy (non-hydrogen) atoms. The summed E-state index contributed by atoms with van der Waals surface area (Å²) in [7, 11) is 0. The van der Waals surface area contributed by atoms with Crippen molar-refractivity contribution in [2.75, 3.05) is 17.2 Å². The number of amides is 2. The molecule has 0 aliphatic heterocycles. The molecule has 3 N–H and O–H groups in total. The molecule has 5 heteroatoms. The molecular formula is C20H25N3O2. The van der Waals surface area contributed by atoms with Crippen LogP contribution in [0, 0.1) is 13.8 Å². The number of hydrogen-bond acceptors (Lipinski definition) is 3. The molecule has 2 aromatic rings. The normalized spacial score (nSPS) is 10.4. The van der Waals surface area contributed by atoms with E-state index >= 15 is 0 Å². The maximum Gasteiger partial charge on any atom is 0.251 e. The number of carbonyl (C=O) groups is 2. The maximum absolute atomic E-state index is 12.1. The highest BCUT2D eigenvalue weighted by Crippen LogP contribution is 2.14. The first-order chi connectivity index (χ1) is 11.8. The van der Waals surface area contributed by atoms with Crippen LogP contribution < -0.4 is 16.0 Å². The van der Waals surface area contributed by atoms with Gasteiger partial charge < -0.3 is 16.0 Å². The molecule has 0 aliphatic rings. The van der Waals surface area contributed by atoms with Crippen LogP contribution >= 0.6 is 0 Å². The van der Waals surface area contributed by atoms with Crippen molar-refractivity contribution in [2.24, 2.45) is 0 Å². The maximum atomic E-state index is 12.1. The molecule has 0 radical (unpaired) electrons. The molecular weight excluding hydrogens is 314 g/mol. The lowest BCUT2D eigenvalue weighted by atomic mass is 10.1. The zero-order chi connectivity index (χ0) is 18.4. The van der Waals surface area contributed by atoms with Crippen LogP contribution in [-0.4, -0.2) is 24.4 Å². The predicted molar refractivity (Wildman–Crippen MR) is 102 cm³/mol. The molecule has 0 unspecified atom stereocenters. The Labute approximate surface area is 148 Å². The lowest BCUT2D eigenvalue weighted by Crippen LogP contribution is -2.30. The summed E-state index contributed by atoms with van der Waals surface area (Å²) in [4.78, 5) is 24.0. The molecule has 0 fully saturated rings. The smallest absolute Gasteiger partial charge is 0.251 e. The fraction of sp³-hybridized carbons (Fsp3) is 0.300. The van der Waals surface area contributed by atoms with Gasteiger partial charge >= 0.3 is 0 Å². The molecule has 0 saturated heterocycles. The summed E-state index contributed by atoms with van der Waals surface area (Å²) in [6, 6.07) is 13.1. The highest BCUT2D eigenvalue weighted by molar-refractivity contribution is 5.95. The van der Waals surface area contributed by atoms with Crippen molar-refractivity contribution in [1.82, 2.24) is 5.32 Å². The van der Waals surface area contributed by atoms with Gasteiger partial charge in [-0.1, -0.05) is 6.07 Å². The molecule has 132 valence electrons. The Morgan fingerprint density at radius 1 is 0.920 bits per heavy atom. The van der Waals surface area contributed by atoms with Crippen molar-refractivity contribution in [3.05, 3.63) is 59.2 Å². The van der Waals surface area contributed by atoms with Crippen LogP contribution in [-0.2, 0) is 4.79 Å². The number of hydrogen-bond donors (Lipinski definition) is 3. The van der Waals surface area contributed by atoms with E-state index in [2.05, 4.69) is 22.0 Å². The second kappa shape index (κ2) is 8.33. The van der Waals surface area contributed by atoms with Gasteiger partial charge in [-0.05, 0) is 75.2 Å². The number of anilines is 2. The second-order valence-corrected chi connectivity index (χ2v) is 6.48. The van der Waals surface area contributed by atoms with Gasteiger partial charge in [0.15, 0.2) is 0 Å². The van der Waals surface area contributed by atoms with Crippen LogP contribution in [0.4, 0.5) is 11.4 Å². The van der Waals surface area contributed by atoms with Gasteiger partial charge in [-0.2, -0.15) is 0 Å². The van der Waals surface area contributed by atoms with Gasteiger partial charge in [-0.3, -0.25) is 9.59 Å². The van der Waals surface area contributed by atoms with E-state index in [-0.39, 0.29) is 24.4 Å². The van der Waals surface area contributed by atoms with E-state index in [9.17, 15) is 9.59 Å². The number of nitrogens with one attached hydrogen (secondary N) is 3. The van der Waals surface area contributed by atoms with Gasteiger partial charge in [0.25, 0.3) is 5.91 Å². The van der Waals surface area contributed by atoms with Crippen LogP contribution in [0.5, 0.6) is 0 Å². The van der Waals surface area contributed by atoms with Crippen LogP contribution in [0.2, 0.25) is 0 Å². The summed E-state index contributed by atoms with van der Waals surface area (Å²) >= 11 is 0. The zero-order valence-corrected chi connectivity index (χ0v) is 15.1. The van der Waals surface area contributed by atoms with Crippen molar-refractivity contribution in [3.63, 3.8) is 0 Å². The Kier molecular flexibility index (Phi) is 6.17. The molecule has 2 aromatic carbocycles. The summed E-state index contributed by atoms with van der Waals surface area (Å²) in [5, 5.41) is 8.78. The number of aryl methyl sites for hydroxylation is 2. The molecule has 0 saturated carbocycles. The quantitative estimate of drug-likeness (QED) is 0.754. The van der Waals surface area contributed by atoms with E-state index in [1.165, 1.54) is 0 Å². The topological polar surface area (TPSA) is 70.2 Å². The van der Waals surface area contributed by atoms with E-state index in [0.717, 1.165) is 22.5 Å². The van der Waals surface area contributed by atoms with E-state index in [1.807, 2.05) is 39.8 Å². The summed E-state index contributed by atoms with van der Waals surface area (Å²) in [6.45, 7) is 7.99. The molecule has 0 spiro atoms. The average Bonchev–Trinajstić information content (AvgIpc) is 2.51. The summed E-state index contributed by atoms with van der Waals surface area (Å²) in [6.07, 6.45) is 0. The van der Waals surface area contributed by atoms with Crippen LogP contribution in [0.15, 0.2) is 42.5 Å². The van der Waals surface area contributed by atoms with Gasteiger partial charge in [-0.25, -0.2) is 0 Å². The summed E-state index contributed by atoms with van der Waals surface area (Å²) in [5.74, 6) is -0.222. The molecule has 2 amide bonds. The Balaban J connectivity index is 1.88. The highest BCUT2D eigenvalue weighted by atomic mass is 16.2. The molecule has 5 nitrogen and oxygen atoms in total.